The summed E-state index contributed by atoms with van der Waals surface area (Å²) >= 11 is 0. The fourth-order valence-electron chi connectivity index (χ4n) is 13.9. The van der Waals surface area contributed by atoms with Crippen molar-refractivity contribution in [3.8, 4) is 0 Å². The van der Waals surface area contributed by atoms with Gasteiger partial charge in [0.05, 0.1) is 17.6 Å². The summed E-state index contributed by atoms with van der Waals surface area (Å²) in [6, 6.07) is 4.24. The Labute approximate surface area is 301 Å². The van der Waals surface area contributed by atoms with Crippen molar-refractivity contribution in [2.75, 3.05) is 32.7 Å². The van der Waals surface area contributed by atoms with Gasteiger partial charge in [-0.1, -0.05) is 83.4 Å². The van der Waals surface area contributed by atoms with Gasteiger partial charge in [0.15, 0.2) is 0 Å². The molecular weight excluding hydrogens is 622 g/mol. The normalized spacial score (nSPS) is 41.5. The van der Waals surface area contributed by atoms with E-state index in [4.69, 9.17) is 4.74 Å². The van der Waals surface area contributed by atoms with Crippen LogP contribution < -0.4 is 0 Å². The van der Waals surface area contributed by atoms with E-state index in [1.807, 2.05) is 18.5 Å². The lowest BCUT2D eigenvalue weighted by molar-refractivity contribution is -0.197. The molecule has 4 saturated carbocycles. The molecule has 7 heteroatoms. The van der Waals surface area contributed by atoms with E-state index in [1.165, 1.54) is 76.3 Å². The molecule has 1 aromatic rings. The second-order valence-electron chi connectivity index (χ2n) is 18.3. The molecule has 0 spiro atoms. The highest BCUT2D eigenvalue weighted by molar-refractivity contribution is 5.90. The lowest BCUT2D eigenvalue weighted by atomic mass is 9.41. The molecule has 2 aliphatic heterocycles. The maximum Gasteiger partial charge on any atom is 0.315 e. The number of likely N-dealkylation sites (tertiary alicyclic amines) is 1. The van der Waals surface area contributed by atoms with Crippen molar-refractivity contribution >= 4 is 12.3 Å². The SMILES string of the molecule is CC(C)C1=CC2CC3(C=O)[C@@H]4CC[C@@H](C)[C@H]4CC2([C@H]2C[C@@H](C4CCCCC4)[C@H](CN(CCN4CCCCC4)Cc4cccnc4)O2)[C@]13C(=O)O. The maximum atomic E-state index is 14.3. The van der Waals surface area contributed by atoms with E-state index in [0.29, 0.717) is 30.1 Å². The van der Waals surface area contributed by atoms with Gasteiger partial charge >= 0.3 is 5.97 Å². The molecule has 10 atom stereocenters. The van der Waals surface area contributed by atoms with Gasteiger partial charge in [0.2, 0.25) is 0 Å². The van der Waals surface area contributed by atoms with Gasteiger partial charge in [0.1, 0.15) is 11.7 Å². The predicted octanol–water partition coefficient (Wildman–Crippen LogP) is 7.65. The lowest BCUT2D eigenvalue weighted by Gasteiger charge is -2.60. The minimum atomic E-state index is -1.17. The quantitative estimate of drug-likeness (QED) is 0.179. The molecule has 0 amide bonds. The van der Waals surface area contributed by atoms with Crippen LogP contribution in [0.3, 0.4) is 0 Å². The van der Waals surface area contributed by atoms with Crippen LogP contribution in [0.1, 0.15) is 110 Å². The second-order valence-corrected chi connectivity index (χ2v) is 18.3. The van der Waals surface area contributed by atoms with Crippen LogP contribution in [-0.4, -0.2) is 77.1 Å². The molecule has 0 radical (unpaired) electrons. The molecule has 3 unspecified atom stereocenters. The summed E-state index contributed by atoms with van der Waals surface area (Å²) in [4.78, 5) is 37.8. The second kappa shape index (κ2) is 13.7. The monoisotopic (exact) mass is 685 g/mol. The molecule has 4 bridgehead atoms. The molecule has 7 nitrogen and oxygen atoms in total. The molecule has 2 saturated heterocycles. The first-order valence-corrected chi connectivity index (χ1v) is 20.7. The summed E-state index contributed by atoms with van der Waals surface area (Å²) in [6.07, 6.45) is 22.3. The van der Waals surface area contributed by atoms with E-state index >= 15 is 0 Å². The van der Waals surface area contributed by atoms with E-state index in [-0.39, 0.29) is 30.0 Å². The molecule has 1 aromatic heterocycles. The van der Waals surface area contributed by atoms with E-state index in [1.54, 1.807) is 0 Å². The number of hydrogen-bond acceptors (Lipinski definition) is 6. The highest BCUT2D eigenvalue weighted by Crippen LogP contribution is 2.84. The molecular formula is C43H63N3O4. The van der Waals surface area contributed by atoms with Crippen LogP contribution in [0.5, 0.6) is 0 Å². The molecule has 50 heavy (non-hydrogen) atoms. The van der Waals surface area contributed by atoms with Crippen LogP contribution in [0.25, 0.3) is 0 Å². The summed E-state index contributed by atoms with van der Waals surface area (Å²) in [5.74, 6) is 1.51. The number of pyridine rings is 1. The number of hydrogen-bond donors (Lipinski definition) is 1. The van der Waals surface area contributed by atoms with Gasteiger partial charge in [0, 0.05) is 44.0 Å². The summed E-state index contributed by atoms with van der Waals surface area (Å²) in [7, 11) is 0. The van der Waals surface area contributed by atoms with Gasteiger partial charge in [0.25, 0.3) is 0 Å². The number of rotatable bonds is 12. The molecule has 0 aromatic carbocycles. The standard InChI is InChI=1S/C43H63N3O4/c1-29(2)37-21-33-23-41(28-47)36-15-14-30(3)35(36)24-42(33,43(37,41)40(48)49)39-22-34(32-12-6-4-7-13-32)38(50-39)27-46(26-31-11-10-16-44-25-31)20-19-45-17-8-5-9-18-45/h10-11,16,21,25,28-30,32-36,38-39H,4-9,12-15,17-20,22-24,26-27H2,1-3H3,(H,48,49)/t30-,33?,34+,35-,36-,38+,39-,41?,42?,43+/m1/s1. The number of carbonyl (C=O) groups excluding carboxylic acids is 1. The molecule has 1 N–H and O–H groups in total. The van der Waals surface area contributed by atoms with Crippen molar-refractivity contribution in [3.63, 3.8) is 0 Å². The summed E-state index contributed by atoms with van der Waals surface area (Å²) in [5.41, 5.74) is -0.308. The van der Waals surface area contributed by atoms with Gasteiger partial charge in [-0.2, -0.15) is 0 Å². The summed E-state index contributed by atoms with van der Waals surface area (Å²) < 4.78 is 7.62. The number of ether oxygens (including phenoxy) is 1. The van der Waals surface area contributed by atoms with Gasteiger partial charge in [-0.25, -0.2) is 0 Å². The van der Waals surface area contributed by atoms with Crippen LogP contribution in [0.15, 0.2) is 36.2 Å². The third-order valence-electron chi connectivity index (χ3n) is 15.9. The van der Waals surface area contributed by atoms with Crippen LogP contribution in [0.2, 0.25) is 0 Å². The Kier molecular flexibility index (Phi) is 9.59. The van der Waals surface area contributed by atoms with Crippen LogP contribution in [0, 0.1) is 57.7 Å². The van der Waals surface area contributed by atoms with E-state index in [9.17, 15) is 14.7 Å². The first-order valence-electron chi connectivity index (χ1n) is 20.7. The van der Waals surface area contributed by atoms with Gasteiger partial charge in [-0.15, -0.1) is 0 Å². The zero-order chi connectivity index (χ0) is 34.7. The number of piperidine rings is 1. The molecule has 5 aliphatic carbocycles. The Morgan fingerprint density at radius 3 is 2.56 bits per heavy atom. The Hall–Kier alpha value is -2.09. The first-order chi connectivity index (χ1) is 24.2. The van der Waals surface area contributed by atoms with Crippen LogP contribution in [-0.2, 0) is 20.9 Å². The number of aldehydes is 1. The topological polar surface area (TPSA) is 83.0 Å². The minimum absolute atomic E-state index is 0.0632. The summed E-state index contributed by atoms with van der Waals surface area (Å²) in [5, 5.41) is 11.7. The zero-order valence-electron chi connectivity index (χ0n) is 31.1. The van der Waals surface area contributed by atoms with Crippen molar-refractivity contribution in [2.24, 2.45) is 57.7 Å². The Morgan fingerprint density at radius 2 is 1.86 bits per heavy atom. The Bertz CT molecular complexity index is 1420. The number of carboxylic acid groups (broad SMARTS) is 1. The number of aliphatic carboxylic acids is 1. The van der Waals surface area contributed by atoms with Crippen molar-refractivity contribution in [1.29, 1.82) is 0 Å². The van der Waals surface area contributed by atoms with Gasteiger partial charge in [-0.3, -0.25) is 14.7 Å². The molecule has 3 heterocycles. The van der Waals surface area contributed by atoms with Crippen LogP contribution in [0.4, 0.5) is 0 Å². The average molecular weight is 686 g/mol. The fourth-order valence-corrected chi connectivity index (χ4v) is 13.9. The zero-order valence-corrected chi connectivity index (χ0v) is 31.1. The lowest BCUT2D eigenvalue weighted by Crippen LogP contribution is -2.65. The van der Waals surface area contributed by atoms with E-state index < -0.39 is 22.2 Å². The number of carbonyl (C=O) groups is 2. The highest BCUT2D eigenvalue weighted by atomic mass is 16.5. The molecule has 274 valence electrons. The van der Waals surface area contributed by atoms with Crippen molar-refractivity contribution in [2.45, 2.75) is 123 Å². The molecule has 8 rings (SSSR count). The third kappa shape index (κ3) is 5.24. The predicted molar refractivity (Wildman–Crippen MR) is 195 cm³/mol. The van der Waals surface area contributed by atoms with Crippen LogP contribution >= 0.6 is 0 Å². The molecule has 6 fully saturated rings. The van der Waals surface area contributed by atoms with E-state index in [0.717, 1.165) is 57.4 Å². The van der Waals surface area contributed by atoms with Crippen molar-refractivity contribution in [3.05, 3.63) is 41.7 Å². The Morgan fingerprint density at radius 1 is 1.08 bits per heavy atom. The number of nitrogens with zero attached hydrogens (tertiary/aromatic N) is 3. The van der Waals surface area contributed by atoms with Gasteiger partial charge < -0.3 is 19.5 Å². The molecule has 7 aliphatic rings. The minimum Gasteiger partial charge on any atom is -0.481 e. The largest absolute Gasteiger partial charge is 0.481 e. The highest BCUT2D eigenvalue weighted by Gasteiger charge is 2.86. The number of fused-ring (bicyclic) bond motifs is 2. The van der Waals surface area contributed by atoms with E-state index in [2.05, 4.69) is 47.7 Å². The van der Waals surface area contributed by atoms with Crippen molar-refractivity contribution in [1.82, 2.24) is 14.8 Å². The van der Waals surface area contributed by atoms with Crippen molar-refractivity contribution < 1.29 is 19.4 Å². The summed E-state index contributed by atoms with van der Waals surface area (Å²) in [6.45, 7) is 12.9. The number of aromatic nitrogens is 1. The Balaban J connectivity index is 1.16. The smallest absolute Gasteiger partial charge is 0.315 e. The fraction of sp³-hybridized carbons (Fsp3) is 0.791. The average Bonchev–Trinajstić information content (AvgIpc) is 3.85. The number of carboxylic acids is 1. The maximum absolute atomic E-state index is 14.3. The third-order valence-corrected chi connectivity index (χ3v) is 15.9. The first kappa shape index (κ1) is 35.0. The van der Waals surface area contributed by atoms with Gasteiger partial charge in [-0.05, 0) is 105 Å². The number of allylic oxidation sites excluding steroid dienone is 1.